The standard InChI is InChI=1S/C20H24O6/c1-10-15-9-26-20(24)16(15)17(21)14(18(10)25-3)8-7-12-5-4-6-13(12)11(2)19(22)23/h7,11,13,21H,4-6,8-9H2,1-3H3,(H,22,23)/t11-,13+/m1/s1. The molecule has 140 valence electrons. The maximum atomic E-state index is 12.0. The van der Waals surface area contributed by atoms with E-state index in [0.717, 1.165) is 30.4 Å². The highest BCUT2D eigenvalue weighted by Gasteiger charge is 2.33. The van der Waals surface area contributed by atoms with Gasteiger partial charge in [-0.1, -0.05) is 18.6 Å². The number of aromatic hydroxyl groups is 1. The van der Waals surface area contributed by atoms with Crippen LogP contribution in [0.2, 0.25) is 0 Å². The van der Waals surface area contributed by atoms with E-state index in [9.17, 15) is 19.8 Å². The molecule has 2 aliphatic rings. The molecule has 0 amide bonds. The fraction of sp³-hybridized carbons (Fsp3) is 0.500. The molecule has 1 heterocycles. The van der Waals surface area contributed by atoms with Gasteiger partial charge in [0.2, 0.25) is 0 Å². The summed E-state index contributed by atoms with van der Waals surface area (Å²) < 4.78 is 10.6. The van der Waals surface area contributed by atoms with Gasteiger partial charge in [0.15, 0.2) is 0 Å². The zero-order valence-corrected chi connectivity index (χ0v) is 15.3. The Bertz CT molecular complexity index is 792. The van der Waals surface area contributed by atoms with Gasteiger partial charge in [-0.2, -0.15) is 0 Å². The van der Waals surface area contributed by atoms with E-state index in [2.05, 4.69) is 0 Å². The van der Waals surface area contributed by atoms with Crippen LogP contribution in [0.25, 0.3) is 0 Å². The van der Waals surface area contributed by atoms with Gasteiger partial charge in [-0.15, -0.1) is 0 Å². The van der Waals surface area contributed by atoms with Gasteiger partial charge in [0, 0.05) is 11.1 Å². The van der Waals surface area contributed by atoms with Gasteiger partial charge in [0.05, 0.1) is 13.0 Å². The van der Waals surface area contributed by atoms with Crippen LogP contribution >= 0.6 is 0 Å². The van der Waals surface area contributed by atoms with Crippen LogP contribution in [0.3, 0.4) is 0 Å². The van der Waals surface area contributed by atoms with Crippen LogP contribution in [0.1, 0.15) is 53.2 Å². The minimum absolute atomic E-state index is 0.0149. The first-order valence-electron chi connectivity index (χ1n) is 8.86. The summed E-state index contributed by atoms with van der Waals surface area (Å²) >= 11 is 0. The summed E-state index contributed by atoms with van der Waals surface area (Å²) in [7, 11) is 1.54. The van der Waals surface area contributed by atoms with Gasteiger partial charge in [-0.3, -0.25) is 4.79 Å². The van der Waals surface area contributed by atoms with Crippen molar-refractivity contribution < 1.29 is 29.3 Å². The fourth-order valence-electron chi connectivity index (χ4n) is 4.15. The number of phenolic OH excluding ortho intramolecular Hbond substituents is 1. The van der Waals surface area contributed by atoms with Crippen LogP contribution in [0.5, 0.6) is 11.5 Å². The number of aliphatic carboxylic acids is 1. The van der Waals surface area contributed by atoms with Crippen molar-refractivity contribution in [1.29, 1.82) is 0 Å². The molecule has 1 aromatic carbocycles. The number of carboxylic acids is 1. The minimum atomic E-state index is -0.792. The second kappa shape index (κ2) is 7.02. The lowest BCUT2D eigenvalue weighted by atomic mass is 9.87. The van der Waals surface area contributed by atoms with Crippen molar-refractivity contribution in [1.82, 2.24) is 0 Å². The summed E-state index contributed by atoms with van der Waals surface area (Å²) in [4.78, 5) is 23.3. The number of hydrogen-bond donors (Lipinski definition) is 2. The molecule has 2 N–H and O–H groups in total. The van der Waals surface area contributed by atoms with Crippen molar-refractivity contribution in [2.45, 2.75) is 46.1 Å². The third kappa shape index (κ3) is 2.93. The van der Waals surface area contributed by atoms with Crippen molar-refractivity contribution in [3.63, 3.8) is 0 Å². The molecular formula is C20H24O6. The molecular weight excluding hydrogens is 336 g/mol. The molecule has 1 fully saturated rings. The molecule has 0 bridgehead atoms. The van der Waals surface area contributed by atoms with Crippen LogP contribution in [0.15, 0.2) is 11.6 Å². The third-order valence-corrected chi connectivity index (χ3v) is 5.67. The van der Waals surface area contributed by atoms with E-state index < -0.39 is 17.9 Å². The molecule has 1 saturated carbocycles. The first-order valence-corrected chi connectivity index (χ1v) is 8.86. The largest absolute Gasteiger partial charge is 0.507 e. The topological polar surface area (TPSA) is 93.1 Å². The smallest absolute Gasteiger partial charge is 0.342 e. The molecule has 1 aliphatic heterocycles. The van der Waals surface area contributed by atoms with Gasteiger partial charge >= 0.3 is 11.9 Å². The van der Waals surface area contributed by atoms with Crippen LogP contribution in [-0.4, -0.2) is 29.3 Å². The monoisotopic (exact) mass is 360 g/mol. The Kier molecular flexibility index (Phi) is 4.94. The minimum Gasteiger partial charge on any atom is -0.507 e. The number of carbonyl (C=O) groups excluding carboxylic acids is 1. The average Bonchev–Trinajstić information content (AvgIpc) is 3.22. The molecule has 0 saturated heterocycles. The molecule has 26 heavy (non-hydrogen) atoms. The summed E-state index contributed by atoms with van der Waals surface area (Å²) in [5.41, 5.74) is 3.32. The Morgan fingerprint density at radius 3 is 2.85 bits per heavy atom. The number of phenols is 1. The summed E-state index contributed by atoms with van der Waals surface area (Å²) in [5.74, 6) is -1.27. The highest BCUT2D eigenvalue weighted by Crippen LogP contribution is 2.43. The number of carbonyl (C=O) groups is 2. The number of cyclic esters (lactones) is 1. The van der Waals surface area contributed by atoms with E-state index in [0.29, 0.717) is 23.3 Å². The van der Waals surface area contributed by atoms with Gasteiger partial charge in [-0.25, -0.2) is 4.79 Å². The zero-order chi connectivity index (χ0) is 19.0. The molecule has 1 aromatic rings. The van der Waals surface area contributed by atoms with Crippen LogP contribution in [0, 0.1) is 18.8 Å². The Morgan fingerprint density at radius 2 is 2.19 bits per heavy atom. The number of ether oxygens (including phenoxy) is 2. The second-order valence-electron chi connectivity index (χ2n) is 7.02. The molecule has 0 spiro atoms. The Balaban J connectivity index is 1.98. The normalized spacial score (nSPS) is 21.6. The summed E-state index contributed by atoms with van der Waals surface area (Å²) in [6.45, 7) is 3.73. The van der Waals surface area contributed by atoms with Crippen LogP contribution < -0.4 is 4.74 Å². The van der Waals surface area contributed by atoms with Gasteiger partial charge in [-0.05, 0) is 44.1 Å². The van der Waals surface area contributed by atoms with Crippen molar-refractivity contribution in [3.8, 4) is 11.5 Å². The Labute approximate surface area is 152 Å². The molecule has 0 unspecified atom stereocenters. The maximum absolute atomic E-state index is 12.0. The zero-order valence-electron chi connectivity index (χ0n) is 15.3. The predicted molar refractivity (Wildman–Crippen MR) is 94.4 cm³/mol. The van der Waals surface area contributed by atoms with E-state index in [4.69, 9.17) is 9.47 Å². The molecule has 0 aromatic heterocycles. The van der Waals surface area contributed by atoms with E-state index in [1.807, 2.05) is 13.0 Å². The van der Waals surface area contributed by atoms with Gasteiger partial charge in [0.25, 0.3) is 0 Å². The number of rotatable bonds is 5. The maximum Gasteiger partial charge on any atom is 0.342 e. The number of hydrogen-bond acceptors (Lipinski definition) is 5. The van der Waals surface area contributed by atoms with Crippen molar-refractivity contribution in [3.05, 3.63) is 33.9 Å². The molecule has 3 rings (SSSR count). The Hall–Kier alpha value is -2.50. The van der Waals surface area contributed by atoms with Crippen molar-refractivity contribution in [2.24, 2.45) is 11.8 Å². The summed E-state index contributed by atoms with van der Waals surface area (Å²) in [5, 5.41) is 20.0. The van der Waals surface area contributed by atoms with Crippen LogP contribution in [-0.2, 0) is 22.6 Å². The number of methoxy groups -OCH3 is 1. The number of fused-ring (bicyclic) bond motifs is 1. The lowest BCUT2D eigenvalue weighted by Crippen LogP contribution is -2.19. The van der Waals surface area contributed by atoms with Crippen LogP contribution in [0.4, 0.5) is 0 Å². The molecule has 1 aliphatic carbocycles. The number of carboxylic acid groups (broad SMARTS) is 1. The molecule has 6 nitrogen and oxygen atoms in total. The predicted octanol–water partition coefficient (Wildman–Crippen LogP) is 3.37. The lowest BCUT2D eigenvalue weighted by molar-refractivity contribution is -0.142. The first kappa shape index (κ1) is 18.3. The molecule has 6 heteroatoms. The highest BCUT2D eigenvalue weighted by atomic mass is 16.5. The fourth-order valence-corrected chi connectivity index (χ4v) is 4.15. The van der Waals surface area contributed by atoms with E-state index in [1.54, 1.807) is 6.92 Å². The molecule has 2 atom stereocenters. The van der Waals surface area contributed by atoms with Crippen molar-refractivity contribution in [2.75, 3.05) is 7.11 Å². The lowest BCUT2D eigenvalue weighted by Gasteiger charge is -2.18. The highest BCUT2D eigenvalue weighted by molar-refractivity contribution is 5.98. The van der Waals surface area contributed by atoms with E-state index in [1.165, 1.54) is 7.11 Å². The van der Waals surface area contributed by atoms with Crippen molar-refractivity contribution >= 4 is 11.9 Å². The summed E-state index contributed by atoms with van der Waals surface area (Å²) in [6, 6.07) is 0. The van der Waals surface area contributed by atoms with E-state index in [-0.39, 0.29) is 23.8 Å². The van der Waals surface area contributed by atoms with Gasteiger partial charge < -0.3 is 19.7 Å². The average molecular weight is 360 g/mol. The third-order valence-electron chi connectivity index (χ3n) is 5.67. The van der Waals surface area contributed by atoms with Gasteiger partial charge in [0.1, 0.15) is 23.7 Å². The molecule has 0 radical (unpaired) electrons. The first-order chi connectivity index (χ1) is 12.4. The number of esters is 1. The number of allylic oxidation sites excluding steroid dienone is 2. The quantitative estimate of drug-likeness (QED) is 0.618. The Morgan fingerprint density at radius 1 is 1.46 bits per heavy atom. The summed E-state index contributed by atoms with van der Waals surface area (Å²) in [6.07, 6.45) is 5.05. The number of benzene rings is 1. The van der Waals surface area contributed by atoms with E-state index >= 15 is 0 Å². The second-order valence-corrected chi connectivity index (χ2v) is 7.02. The SMILES string of the molecule is COc1c(C)c2c(c(O)c1CC=C1CCC[C@H]1[C@@H](C)C(=O)O)C(=O)OC2.